The third-order valence-electron chi connectivity index (χ3n) is 5.09. The lowest BCUT2D eigenvalue weighted by atomic mass is 9.93. The van der Waals surface area contributed by atoms with E-state index in [2.05, 4.69) is 31.4 Å². The highest BCUT2D eigenvalue weighted by Crippen LogP contribution is 2.26. The predicted molar refractivity (Wildman–Crippen MR) is 97.3 cm³/mol. The molecule has 4 rings (SSSR count). The van der Waals surface area contributed by atoms with Gasteiger partial charge in [-0.3, -0.25) is 4.79 Å². The van der Waals surface area contributed by atoms with Crippen LogP contribution in [-0.2, 0) is 11.2 Å². The van der Waals surface area contributed by atoms with Gasteiger partial charge in [0.2, 0.25) is 5.95 Å². The Morgan fingerprint density at radius 3 is 2.88 bits per heavy atom. The molecule has 2 aromatic heterocycles. The molecule has 2 fully saturated rings. The summed E-state index contributed by atoms with van der Waals surface area (Å²) in [7, 11) is 0. The van der Waals surface area contributed by atoms with Gasteiger partial charge in [0, 0.05) is 49.9 Å². The molecule has 26 heavy (non-hydrogen) atoms. The van der Waals surface area contributed by atoms with Gasteiger partial charge in [-0.05, 0) is 29.9 Å². The van der Waals surface area contributed by atoms with Crippen LogP contribution >= 0.6 is 11.5 Å². The van der Waals surface area contributed by atoms with Crippen LogP contribution in [0.2, 0.25) is 0 Å². The first-order valence-corrected chi connectivity index (χ1v) is 9.82. The van der Waals surface area contributed by atoms with Crippen molar-refractivity contribution in [1.29, 1.82) is 0 Å². The molecule has 8 nitrogen and oxygen atoms in total. The number of hydrogen-bond acceptors (Lipinski definition) is 8. The van der Waals surface area contributed by atoms with Crippen molar-refractivity contribution in [3.63, 3.8) is 0 Å². The van der Waals surface area contributed by atoms with E-state index < -0.39 is 0 Å². The molecular formula is C17H22N6O2S. The Bertz CT molecular complexity index is 738. The zero-order valence-electron chi connectivity index (χ0n) is 14.7. The van der Waals surface area contributed by atoms with Crippen LogP contribution < -0.4 is 4.90 Å². The maximum atomic E-state index is 12.5. The van der Waals surface area contributed by atoms with E-state index in [-0.39, 0.29) is 12.0 Å². The van der Waals surface area contributed by atoms with Crippen molar-refractivity contribution in [3.05, 3.63) is 29.0 Å². The van der Waals surface area contributed by atoms with E-state index in [1.165, 1.54) is 11.5 Å². The van der Waals surface area contributed by atoms with E-state index >= 15 is 0 Å². The number of ether oxygens (including phenoxy) is 1. The Hall–Kier alpha value is -2.13. The molecule has 0 spiro atoms. The Balaban J connectivity index is 1.42. The average Bonchev–Trinajstić information content (AvgIpc) is 3.14. The van der Waals surface area contributed by atoms with Gasteiger partial charge in [-0.15, -0.1) is 5.10 Å². The summed E-state index contributed by atoms with van der Waals surface area (Å²) in [6.45, 7) is 5.65. The monoisotopic (exact) mass is 374 g/mol. The van der Waals surface area contributed by atoms with Gasteiger partial charge in [-0.1, -0.05) is 11.4 Å². The Morgan fingerprint density at radius 1 is 1.31 bits per heavy atom. The third-order valence-corrected chi connectivity index (χ3v) is 5.60. The number of piperidine rings is 1. The van der Waals surface area contributed by atoms with Crippen LogP contribution in [0.4, 0.5) is 5.95 Å². The van der Waals surface area contributed by atoms with Gasteiger partial charge in [-0.2, -0.15) is 0 Å². The van der Waals surface area contributed by atoms with E-state index in [1.807, 2.05) is 17.3 Å². The second-order valence-electron chi connectivity index (χ2n) is 6.69. The van der Waals surface area contributed by atoms with Crippen LogP contribution in [0.3, 0.4) is 0 Å². The maximum Gasteiger partial charge on any atom is 0.275 e. The van der Waals surface area contributed by atoms with Crippen molar-refractivity contribution in [3.8, 4) is 0 Å². The van der Waals surface area contributed by atoms with Gasteiger partial charge < -0.3 is 14.5 Å². The normalized spacial score (nSPS) is 23.4. The van der Waals surface area contributed by atoms with Gasteiger partial charge in [0.05, 0.1) is 12.7 Å². The third kappa shape index (κ3) is 3.54. The van der Waals surface area contributed by atoms with Crippen LogP contribution in [-0.4, -0.2) is 69.3 Å². The zero-order chi connectivity index (χ0) is 17.9. The number of aryl methyl sites for hydroxylation is 1. The minimum atomic E-state index is -0.0552. The van der Waals surface area contributed by atoms with Crippen molar-refractivity contribution in [2.75, 3.05) is 37.7 Å². The standard InChI is InChI=1S/C17H22N6O2S/c1-2-12-7-18-17(19-8-12)23-5-6-25-15-10-22(4-3-13(15)9-23)16(24)14-11-26-21-20-14/h7-8,11,13,15H,2-6,9-10H2,1H3/t13-,15-/m1/s1. The number of carbonyl (C=O) groups is 1. The smallest absolute Gasteiger partial charge is 0.275 e. The first-order chi connectivity index (χ1) is 12.7. The molecule has 1 amide bonds. The lowest BCUT2D eigenvalue weighted by Gasteiger charge is -2.37. The SMILES string of the molecule is CCc1cnc(N2CCO[C@@H]3CN(C(=O)c4csnn4)CC[C@@H]3C2)nc1. The molecule has 2 aliphatic rings. The van der Waals surface area contributed by atoms with Crippen molar-refractivity contribution in [2.24, 2.45) is 5.92 Å². The fourth-order valence-electron chi connectivity index (χ4n) is 3.53. The number of anilines is 1. The van der Waals surface area contributed by atoms with Gasteiger partial charge in [-0.25, -0.2) is 9.97 Å². The van der Waals surface area contributed by atoms with Crippen molar-refractivity contribution in [1.82, 2.24) is 24.5 Å². The quantitative estimate of drug-likeness (QED) is 0.799. The summed E-state index contributed by atoms with van der Waals surface area (Å²) in [4.78, 5) is 25.6. The number of likely N-dealkylation sites (tertiary alicyclic amines) is 1. The molecule has 0 aromatic carbocycles. The second kappa shape index (κ2) is 7.63. The van der Waals surface area contributed by atoms with Crippen molar-refractivity contribution in [2.45, 2.75) is 25.9 Å². The summed E-state index contributed by atoms with van der Waals surface area (Å²) in [5.74, 6) is 1.07. The van der Waals surface area contributed by atoms with Crippen LogP contribution in [0.25, 0.3) is 0 Å². The lowest BCUT2D eigenvalue weighted by Crippen LogP contribution is -2.49. The van der Waals surface area contributed by atoms with Gasteiger partial charge in [0.15, 0.2) is 5.69 Å². The Morgan fingerprint density at radius 2 is 2.15 bits per heavy atom. The van der Waals surface area contributed by atoms with Gasteiger partial charge in [0.1, 0.15) is 0 Å². The summed E-state index contributed by atoms with van der Waals surface area (Å²) in [6.07, 6.45) is 5.67. The van der Waals surface area contributed by atoms with E-state index in [9.17, 15) is 4.79 Å². The van der Waals surface area contributed by atoms with Gasteiger partial charge >= 0.3 is 0 Å². The van der Waals surface area contributed by atoms with E-state index in [1.54, 1.807) is 5.38 Å². The van der Waals surface area contributed by atoms with Crippen molar-refractivity contribution < 1.29 is 9.53 Å². The minimum absolute atomic E-state index is 0.0409. The Labute approximate surface area is 156 Å². The van der Waals surface area contributed by atoms with E-state index in [0.29, 0.717) is 31.3 Å². The highest BCUT2D eigenvalue weighted by molar-refractivity contribution is 7.03. The van der Waals surface area contributed by atoms with Crippen LogP contribution in [0, 0.1) is 5.92 Å². The largest absolute Gasteiger partial charge is 0.374 e. The van der Waals surface area contributed by atoms with E-state index in [4.69, 9.17) is 4.74 Å². The average molecular weight is 374 g/mol. The summed E-state index contributed by atoms with van der Waals surface area (Å²) >= 11 is 1.20. The molecular weight excluding hydrogens is 352 g/mol. The summed E-state index contributed by atoms with van der Waals surface area (Å²) < 4.78 is 9.86. The highest BCUT2D eigenvalue weighted by Gasteiger charge is 2.36. The lowest BCUT2D eigenvalue weighted by molar-refractivity contribution is -0.0170. The minimum Gasteiger partial charge on any atom is -0.374 e. The summed E-state index contributed by atoms with van der Waals surface area (Å²) in [5, 5.41) is 5.59. The fraction of sp³-hybridized carbons (Fsp3) is 0.588. The summed E-state index contributed by atoms with van der Waals surface area (Å²) in [6, 6.07) is 0. The molecule has 0 unspecified atom stereocenters. The van der Waals surface area contributed by atoms with Crippen LogP contribution in [0.15, 0.2) is 17.8 Å². The number of nitrogens with zero attached hydrogens (tertiary/aromatic N) is 6. The molecule has 9 heteroatoms. The number of amides is 1. The molecule has 0 bridgehead atoms. The molecule has 4 heterocycles. The molecule has 0 radical (unpaired) electrons. The fourth-order valence-corrected chi connectivity index (χ4v) is 3.96. The molecule has 138 valence electrons. The van der Waals surface area contributed by atoms with Gasteiger partial charge in [0.25, 0.3) is 5.91 Å². The Kier molecular flexibility index (Phi) is 5.07. The first kappa shape index (κ1) is 17.3. The van der Waals surface area contributed by atoms with Crippen LogP contribution in [0.5, 0.6) is 0 Å². The van der Waals surface area contributed by atoms with E-state index in [0.717, 1.165) is 37.4 Å². The first-order valence-electron chi connectivity index (χ1n) is 8.98. The van der Waals surface area contributed by atoms with Crippen molar-refractivity contribution >= 4 is 23.4 Å². The number of carbonyl (C=O) groups excluding carboxylic acids is 1. The number of aromatic nitrogens is 4. The molecule has 0 aliphatic carbocycles. The van der Waals surface area contributed by atoms with Crippen LogP contribution in [0.1, 0.15) is 29.4 Å². The molecule has 2 aliphatic heterocycles. The highest BCUT2D eigenvalue weighted by atomic mass is 32.1. The number of fused-ring (bicyclic) bond motifs is 1. The number of rotatable bonds is 3. The zero-order valence-corrected chi connectivity index (χ0v) is 15.6. The number of hydrogen-bond donors (Lipinski definition) is 0. The molecule has 2 saturated heterocycles. The predicted octanol–water partition coefficient (Wildman–Crippen LogP) is 1.26. The molecule has 0 N–H and O–H groups in total. The second-order valence-corrected chi connectivity index (χ2v) is 7.30. The maximum absolute atomic E-state index is 12.5. The summed E-state index contributed by atoms with van der Waals surface area (Å²) in [5.41, 5.74) is 1.56. The molecule has 2 atom stereocenters. The molecule has 2 aromatic rings. The molecule has 0 saturated carbocycles. The topological polar surface area (TPSA) is 84.3 Å².